The van der Waals surface area contributed by atoms with Crippen molar-refractivity contribution in [2.75, 3.05) is 7.11 Å². The summed E-state index contributed by atoms with van der Waals surface area (Å²) < 4.78 is 43.8. The normalized spacial score (nSPS) is 11.8. The quantitative estimate of drug-likeness (QED) is 0.282. The summed E-state index contributed by atoms with van der Waals surface area (Å²) >= 11 is 0. The standard InChI is InChI=1S/C21H22N4O8S/c1-21(2,3)24-34(29,30)17-11-14(7-10-16(17)31-4)20(26)32-12-18-22-23-19(33-18)13-5-8-15(9-6-13)25(27)28/h5-11,24H,12H2,1-4H3. The minimum atomic E-state index is -3.99. The largest absolute Gasteiger partial charge is 0.495 e. The number of hydrogen-bond donors (Lipinski definition) is 1. The van der Waals surface area contributed by atoms with E-state index < -0.39 is 26.5 Å². The number of nitrogens with zero attached hydrogens (tertiary/aromatic N) is 3. The third-order valence-electron chi connectivity index (χ3n) is 4.25. The molecule has 2 aromatic carbocycles. The molecule has 0 saturated heterocycles. The molecule has 0 amide bonds. The Labute approximate surface area is 195 Å². The number of rotatable bonds is 8. The van der Waals surface area contributed by atoms with Gasteiger partial charge >= 0.3 is 5.97 Å². The number of carbonyl (C=O) groups is 1. The molecule has 0 aliphatic rings. The number of carbonyl (C=O) groups excluding carboxylic acids is 1. The zero-order valence-electron chi connectivity index (χ0n) is 18.8. The molecule has 0 aliphatic heterocycles. The number of methoxy groups -OCH3 is 1. The Morgan fingerprint density at radius 1 is 1.15 bits per heavy atom. The van der Waals surface area contributed by atoms with Crippen molar-refractivity contribution in [1.29, 1.82) is 0 Å². The molecular formula is C21H22N4O8S. The number of esters is 1. The fraction of sp³-hybridized carbons (Fsp3) is 0.286. The van der Waals surface area contributed by atoms with Crippen molar-refractivity contribution >= 4 is 21.7 Å². The summed E-state index contributed by atoms with van der Waals surface area (Å²) in [6, 6.07) is 9.37. The van der Waals surface area contributed by atoms with Crippen LogP contribution in [-0.4, -0.2) is 42.2 Å². The van der Waals surface area contributed by atoms with Crippen molar-refractivity contribution < 1.29 is 32.0 Å². The molecule has 0 unspecified atom stereocenters. The van der Waals surface area contributed by atoms with E-state index in [4.69, 9.17) is 13.9 Å². The summed E-state index contributed by atoms with van der Waals surface area (Å²) in [4.78, 5) is 22.5. The van der Waals surface area contributed by atoms with Gasteiger partial charge in [0.2, 0.25) is 15.9 Å². The predicted molar refractivity (Wildman–Crippen MR) is 119 cm³/mol. The first-order valence-electron chi connectivity index (χ1n) is 9.86. The van der Waals surface area contributed by atoms with Crippen molar-refractivity contribution in [3.05, 3.63) is 64.0 Å². The minimum absolute atomic E-state index is 0.0162. The molecule has 1 aromatic heterocycles. The molecule has 0 fully saturated rings. The number of benzene rings is 2. The average Bonchev–Trinajstić information content (AvgIpc) is 3.24. The number of ether oxygens (including phenoxy) is 2. The molecule has 0 saturated carbocycles. The molecule has 3 rings (SSSR count). The summed E-state index contributed by atoms with van der Waals surface area (Å²) in [5.41, 5.74) is -0.409. The number of nitrogens with one attached hydrogen (secondary N) is 1. The Kier molecular flexibility index (Phi) is 6.98. The van der Waals surface area contributed by atoms with Crippen LogP contribution in [0.2, 0.25) is 0 Å². The van der Waals surface area contributed by atoms with Crippen LogP contribution in [0.1, 0.15) is 37.0 Å². The second-order valence-electron chi connectivity index (χ2n) is 8.10. The molecule has 34 heavy (non-hydrogen) atoms. The lowest BCUT2D eigenvalue weighted by atomic mass is 10.1. The van der Waals surface area contributed by atoms with E-state index >= 15 is 0 Å². The molecule has 1 N–H and O–H groups in total. The van der Waals surface area contributed by atoms with Crippen molar-refractivity contribution in [1.82, 2.24) is 14.9 Å². The van der Waals surface area contributed by atoms with E-state index in [-0.39, 0.29) is 40.3 Å². The highest BCUT2D eigenvalue weighted by Gasteiger charge is 2.27. The van der Waals surface area contributed by atoms with Crippen LogP contribution in [-0.2, 0) is 21.4 Å². The fourth-order valence-corrected chi connectivity index (χ4v) is 4.45. The van der Waals surface area contributed by atoms with E-state index in [1.54, 1.807) is 20.8 Å². The van der Waals surface area contributed by atoms with Gasteiger partial charge in [0.05, 0.1) is 17.6 Å². The van der Waals surface area contributed by atoms with Crippen LogP contribution in [0.5, 0.6) is 5.75 Å². The Balaban J connectivity index is 1.74. The van der Waals surface area contributed by atoms with Gasteiger partial charge in [0.15, 0.2) is 6.61 Å². The Morgan fingerprint density at radius 2 is 1.82 bits per heavy atom. The molecule has 3 aromatic rings. The number of non-ortho nitro benzene ring substituents is 1. The lowest BCUT2D eigenvalue weighted by molar-refractivity contribution is -0.384. The Bertz CT molecular complexity index is 1310. The van der Waals surface area contributed by atoms with Gasteiger partial charge in [-0.1, -0.05) is 0 Å². The van der Waals surface area contributed by atoms with E-state index in [0.29, 0.717) is 5.56 Å². The van der Waals surface area contributed by atoms with Gasteiger partial charge in [-0.25, -0.2) is 17.9 Å². The molecule has 180 valence electrons. The van der Waals surface area contributed by atoms with Crippen LogP contribution < -0.4 is 9.46 Å². The highest BCUT2D eigenvalue weighted by atomic mass is 32.2. The molecule has 1 heterocycles. The Morgan fingerprint density at radius 3 is 2.41 bits per heavy atom. The molecular weight excluding hydrogens is 468 g/mol. The summed E-state index contributed by atoms with van der Waals surface area (Å²) in [7, 11) is -2.66. The first kappa shape index (κ1) is 24.8. The van der Waals surface area contributed by atoms with Crippen molar-refractivity contribution in [2.45, 2.75) is 37.8 Å². The fourth-order valence-electron chi connectivity index (χ4n) is 2.84. The monoisotopic (exact) mass is 490 g/mol. The number of nitro benzene ring substituents is 1. The van der Waals surface area contributed by atoms with Crippen LogP contribution >= 0.6 is 0 Å². The van der Waals surface area contributed by atoms with Gasteiger partial charge in [-0.05, 0) is 51.1 Å². The highest BCUT2D eigenvalue weighted by molar-refractivity contribution is 7.89. The Hall–Kier alpha value is -3.84. The zero-order chi connectivity index (χ0) is 25.1. The van der Waals surface area contributed by atoms with Crippen LogP contribution in [0.4, 0.5) is 5.69 Å². The van der Waals surface area contributed by atoms with Gasteiger partial charge in [0, 0.05) is 23.2 Å². The molecule has 0 spiro atoms. The predicted octanol–water partition coefficient (Wildman–Crippen LogP) is 3.09. The maximum atomic E-state index is 12.8. The number of sulfonamides is 1. The number of hydrogen-bond acceptors (Lipinski definition) is 10. The summed E-state index contributed by atoms with van der Waals surface area (Å²) in [5.74, 6) is -0.674. The van der Waals surface area contributed by atoms with Gasteiger partial charge in [-0.2, -0.15) is 0 Å². The zero-order valence-corrected chi connectivity index (χ0v) is 19.6. The molecule has 13 heteroatoms. The molecule has 0 aliphatic carbocycles. The average molecular weight is 490 g/mol. The lowest BCUT2D eigenvalue weighted by Crippen LogP contribution is -2.40. The van der Waals surface area contributed by atoms with Crippen LogP contribution in [0.15, 0.2) is 51.8 Å². The third-order valence-corrected chi connectivity index (χ3v) is 6.03. The SMILES string of the molecule is COc1ccc(C(=O)OCc2nnc(-c3ccc([N+](=O)[O-])cc3)o2)cc1S(=O)(=O)NC(C)(C)C. The van der Waals surface area contributed by atoms with Crippen LogP contribution in [0.3, 0.4) is 0 Å². The van der Waals surface area contributed by atoms with Gasteiger partial charge < -0.3 is 13.9 Å². The smallest absolute Gasteiger partial charge is 0.338 e. The van der Waals surface area contributed by atoms with Crippen LogP contribution in [0.25, 0.3) is 11.5 Å². The van der Waals surface area contributed by atoms with E-state index in [9.17, 15) is 23.3 Å². The van der Waals surface area contributed by atoms with Crippen molar-refractivity contribution in [2.24, 2.45) is 0 Å². The first-order chi connectivity index (χ1) is 15.9. The second-order valence-corrected chi connectivity index (χ2v) is 9.75. The van der Waals surface area contributed by atoms with Gasteiger partial charge in [-0.15, -0.1) is 10.2 Å². The van der Waals surface area contributed by atoms with Gasteiger partial charge in [0.25, 0.3) is 11.6 Å². The van der Waals surface area contributed by atoms with E-state index in [0.717, 1.165) is 6.07 Å². The van der Waals surface area contributed by atoms with E-state index in [1.807, 2.05) is 0 Å². The number of nitro groups is 1. The molecule has 0 bridgehead atoms. The second kappa shape index (κ2) is 9.57. The van der Waals surface area contributed by atoms with Crippen LogP contribution in [0, 0.1) is 10.1 Å². The number of aromatic nitrogens is 2. The van der Waals surface area contributed by atoms with Gasteiger partial charge in [-0.3, -0.25) is 10.1 Å². The minimum Gasteiger partial charge on any atom is -0.495 e. The lowest BCUT2D eigenvalue weighted by Gasteiger charge is -2.21. The summed E-state index contributed by atoms with van der Waals surface area (Å²) in [6.45, 7) is 4.69. The summed E-state index contributed by atoms with van der Waals surface area (Å²) in [6.07, 6.45) is 0. The molecule has 0 atom stereocenters. The molecule has 12 nitrogen and oxygen atoms in total. The topological polar surface area (TPSA) is 164 Å². The maximum absolute atomic E-state index is 12.8. The van der Waals surface area contributed by atoms with Gasteiger partial charge in [0.1, 0.15) is 10.6 Å². The van der Waals surface area contributed by atoms with E-state index in [1.165, 1.54) is 43.5 Å². The highest BCUT2D eigenvalue weighted by Crippen LogP contribution is 2.27. The maximum Gasteiger partial charge on any atom is 0.338 e. The first-order valence-corrected chi connectivity index (χ1v) is 11.3. The van der Waals surface area contributed by atoms with Crippen molar-refractivity contribution in [3.8, 4) is 17.2 Å². The third kappa shape index (κ3) is 5.94. The summed E-state index contributed by atoms with van der Waals surface area (Å²) in [5, 5.41) is 18.4. The van der Waals surface area contributed by atoms with Crippen molar-refractivity contribution in [3.63, 3.8) is 0 Å². The molecule has 0 radical (unpaired) electrons. The van der Waals surface area contributed by atoms with E-state index in [2.05, 4.69) is 14.9 Å².